The molecule has 86 valence electrons. The van der Waals surface area contributed by atoms with E-state index in [4.69, 9.17) is 11.6 Å². The van der Waals surface area contributed by atoms with E-state index in [1.165, 1.54) is 11.8 Å². The molecule has 0 aliphatic rings. The summed E-state index contributed by atoms with van der Waals surface area (Å²) in [5.74, 6) is 0.586. The maximum atomic E-state index is 11.7. The molecule has 0 saturated carbocycles. The number of carbonyl (C=O) groups is 1. The van der Waals surface area contributed by atoms with Gasteiger partial charge in [0.05, 0.1) is 0 Å². The molecule has 0 fully saturated rings. The first-order chi connectivity index (χ1) is 7.69. The van der Waals surface area contributed by atoms with Crippen molar-refractivity contribution in [2.24, 2.45) is 0 Å². The first-order valence-corrected chi connectivity index (χ1v) is 6.34. The van der Waals surface area contributed by atoms with Gasteiger partial charge >= 0.3 is 0 Å². The van der Waals surface area contributed by atoms with Crippen LogP contribution in [-0.4, -0.2) is 16.7 Å². The fourth-order valence-corrected chi connectivity index (χ4v) is 2.35. The molecular weight excluding hydrogens is 242 g/mol. The Morgan fingerprint density at radius 1 is 1.56 bits per heavy atom. The topological polar surface area (TPSA) is 20.3 Å². The zero-order chi connectivity index (χ0) is 12.0. The number of rotatable bonds is 4. The minimum atomic E-state index is -0.00239. The minimum absolute atomic E-state index is 0.00239. The summed E-state index contributed by atoms with van der Waals surface area (Å²) in [4.78, 5) is 13.2. The second-order valence-electron chi connectivity index (χ2n) is 3.11. The van der Waals surface area contributed by atoms with Gasteiger partial charge < -0.3 is 4.90 Å². The molecule has 1 aromatic carbocycles. The number of thioether (sulfide) groups is 1. The highest BCUT2D eigenvalue weighted by atomic mass is 35.5. The summed E-state index contributed by atoms with van der Waals surface area (Å²) in [6.07, 6.45) is 1.54. The Labute approximate surface area is 105 Å². The van der Waals surface area contributed by atoms with Crippen molar-refractivity contribution in [1.82, 2.24) is 4.90 Å². The van der Waals surface area contributed by atoms with Crippen molar-refractivity contribution in [2.75, 3.05) is 6.54 Å². The molecule has 16 heavy (non-hydrogen) atoms. The van der Waals surface area contributed by atoms with Crippen LogP contribution in [0.4, 0.5) is 4.79 Å². The predicted molar refractivity (Wildman–Crippen MR) is 70.7 cm³/mol. The molecule has 0 unspecified atom stereocenters. The Kier molecular flexibility index (Phi) is 5.43. The van der Waals surface area contributed by atoms with Crippen molar-refractivity contribution >= 4 is 28.6 Å². The molecule has 1 rings (SSSR count). The van der Waals surface area contributed by atoms with Crippen molar-refractivity contribution in [3.05, 3.63) is 47.6 Å². The standard InChI is InChI=1S/C12H14ClNOS/c1-3-14(4-2)12(15)16-9-10-7-5-6-8-11(10)13/h3,5-8H,1,4,9H2,2H3. The molecule has 0 aliphatic heterocycles. The van der Waals surface area contributed by atoms with E-state index in [1.807, 2.05) is 31.2 Å². The number of amides is 1. The highest BCUT2D eigenvalue weighted by molar-refractivity contribution is 8.12. The lowest BCUT2D eigenvalue weighted by Crippen LogP contribution is -2.20. The van der Waals surface area contributed by atoms with E-state index in [-0.39, 0.29) is 5.24 Å². The van der Waals surface area contributed by atoms with Crippen molar-refractivity contribution < 1.29 is 4.79 Å². The van der Waals surface area contributed by atoms with Crippen LogP contribution in [0.15, 0.2) is 37.0 Å². The summed E-state index contributed by atoms with van der Waals surface area (Å²) < 4.78 is 0. The maximum Gasteiger partial charge on any atom is 0.285 e. The molecule has 0 bridgehead atoms. The summed E-state index contributed by atoms with van der Waals surface area (Å²) >= 11 is 7.23. The molecule has 0 saturated heterocycles. The third-order valence-electron chi connectivity index (χ3n) is 2.10. The van der Waals surface area contributed by atoms with Gasteiger partial charge in [-0.25, -0.2) is 0 Å². The van der Waals surface area contributed by atoms with Gasteiger partial charge in [-0.15, -0.1) is 0 Å². The van der Waals surface area contributed by atoms with E-state index in [0.717, 1.165) is 5.56 Å². The molecule has 0 spiro atoms. The molecule has 4 heteroatoms. The van der Waals surface area contributed by atoms with Gasteiger partial charge in [-0.3, -0.25) is 4.79 Å². The third-order valence-corrected chi connectivity index (χ3v) is 3.41. The van der Waals surface area contributed by atoms with Crippen LogP contribution < -0.4 is 0 Å². The normalized spacial score (nSPS) is 9.88. The average Bonchev–Trinajstić information content (AvgIpc) is 2.29. The Morgan fingerprint density at radius 3 is 2.81 bits per heavy atom. The highest BCUT2D eigenvalue weighted by Crippen LogP contribution is 2.22. The zero-order valence-electron chi connectivity index (χ0n) is 9.15. The van der Waals surface area contributed by atoms with Crippen molar-refractivity contribution in [3.63, 3.8) is 0 Å². The Morgan fingerprint density at radius 2 is 2.25 bits per heavy atom. The van der Waals surface area contributed by atoms with Crippen LogP contribution in [0.2, 0.25) is 5.02 Å². The lowest BCUT2D eigenvalue weighted by molar-refractivity contribution is 0.241. The lowest BCUT2D eigenvalue weighted by Gasteiger charge is -2.14. The number of nitrogens with zero attached hydrogens (tertiary/aromatic N) is 1. The van der Waals surface area contributed by atoms with E-state index in [1.54, 1.807) is 11.1 Å². The molecular formula is C12H14ClNOS. The second-order valence-corrected chi connectivity index (χ2v) is 4.45. The molecule has 0 N–H and O–H groups in total. The SMILES string of the molecule is C=CN(CC)C(=O)SCc1ccccc1Cl. The van der Waals surface area contributed by atoms with E-state index >= 15 is 0 Å². The zero-order valence-corrected chi connectivity index (χ0v) is 10.7. The molecule has 1 aromatic rings. The summed E-state index contributed by atoms with van der Waals surface area (Å²) in [7, 11) is 0. The van der Waals surface area contributed by atoms with Gasteiger partial charge in [0.15, 0.2) is 0 Å². The molecule has 1 amide bonds. The molecule has 2 nitrogen and oxygen atoms in total. The van der Waals surface area contributed by atoms with Gasteiger partial charge in [0, 0.05) is 23.5 Å². The number of hydrogen-bond acceptors (Lipinski definition) is 2. The van der Waals surface area contributed by atoms with E-state index in [0.29, 0.717) is 17.3 Å². The first kappa shape index (κ1) is 13.1. The predicted octanol–water partition coefficient (Wildman–Crippen LogP) is 4.16. The van der Waals surface area contributed by atoms with Gasteiger partial charge in [0.25, 0.3) is 5.24 Å². The van der Waals surface area contributed by atoms with Crippen molar-refractivity contribution in [1.29, 1.82) is 0 Å². The van der Waals surface area contributed by atoms with Gasteiger partial charge in [-0.2, -0.15) is 0 Å². The average molecular weight is 256 g/mol. The monoisotopic (exact) mass is 255 g/mol. The second kappa shape index (κ2) is 6.61. The molecule has 0 heterocycles. The van der Waals surface area contributed by atoms with E-state index in [2.05, 4.69) is 6.58 Å². The molecule has 0 aliphatic carbocycles. The first-order valence-electron chi connectivity index (χ1n) is 4.98. The van der Waals surface area contributed by atoms with Crippen LogP contribution in [0, 0.1) is 0 Å². The fourth-order valence-electron chi connectivity index (χ4n) is 1.17. The van der Waals surface area contributed by atoms with Gasteiger partial charge in [-0.05, 0) is 18.6 Å². The number of carbonyl (C=O) groups excluding carboxylic acids is 1. The van der Waals surface area contributed by atoms with Crippen molar-refractivity contribution in [2.45, 2.75) is 12.7 Å². The van der Waals surface area contributed by atoms with Gasteiger partial charge in [0.1, 0.15) is 0 Å². The largest absolute Gasteiger partial charge is 0.311 e. The number of halogens is 1. The van der Waals surface area contributed by atoms with E-state index in [9.17, 15) is 4.79 Å². The molecule has 0 radical (unpaired) electrons. The lowest BCUT2D eigenvalue weighted by atomic mass is 10.2. The van der Waals surface area contributed by atoms with Gasteiger partial charge in [-0.1, -0.05) is 48.1 Å². The summed E-state index contributed by atoms with van der Waals surface area (Å²) in [6, 6.07) is 7.54. The van der Waals surface area contributed by atoms with Crippen LogP contribution in [0.5, 0.6) is 0 Å². The van der Waals surface area contributed by atoms with Crippen LogP contribution in [0.3, 0.4) is 0 Å². The van der Waals surface area contributed by atoms with Crippen molar-refractivity contribution in [3.8, 4) is 0 Å². The van der Waals surface area contributed by atoms with Gasteiger partial charge in [0.2, 0.25) is 0 Å². The minimum Gasteiger partial charge on any atom is -0.311 e. The Hall–Kier alpha value is -0.930. The maximum absolute atomic E-state index is 11.7. The Balaban J connectivity index is 2.55. The number of benzene rings is 1. The van der Waals surface area contributed by atoms with Crippen LogP contribution in [0.25, 0.3) is 0 Å². The smallest absolute Gasteiger partial charge is 0.285 e. The fraction of sp³-hybridized carbons (Fsp3) is 0.250. The van der Waals surface area contributed by atoms with Crippen LogP contribution >= 0.6 is 23.4 Å². The summed E-state index contributed by atoms with van der Waals surface area (Å²) in [6.45, 7) is 6.14. The van der Waals surface area contributed by atoms with Crippen LogP contribution in [0.1, 0.15) is 12.5 Å². The quantitative estimate of drug-likeness (QED) is 0.805. The highest BCUT2D eigenvalue weighted by Gasteiger charge is 2.09. The Bertz CT molecular complexity index is 381. The third kappa shape index (κ3) is 3.58. The number of hydrogen-bond donors (Lipinski definition) is 0. The molecule has 0 atom stereocenters. The van der Waals surface area contributed by atoms with Crippen LogP contribution in [-0.2, 0) is 5.75 Å². The summed E-state index contributed by atoms with van der Waals surface area (Å²) in [5, 5.41) is 0.696. The van der Waals surface area contributed by atoms with E-state index < -0.39 is 0 Å². The summed E-state index contributed by atoms with van der Waals surface area (Å²) in [5.41, 5.74) is 0.975. The molecule has 0 aromatic heterocycles.